The zero-order chi connectivity index (χ0) is 19.7. The average Bonchev–Trinajstić information content (AvgIpc) is 2.72. The van der Waals surface area contributed by atoms with Crippen molar-refractivity contribution >= 4 is 15.8 Å². The number of hydrogen-bond donors (Lipinski definition) is 0. The van der Waals surface area contributed by atoms with Crippen LogP contribution in [0, 0.1) is 13.8 Å². The molecule has 0 saturated carbocycles. The Labute approximate surface area is 155 Å². The summed E-state index contributed by atoms with van der Waals surface area (Å²) >= 11 is 0. The minimum Gasteiger partial charge on any atom is -0.460 e. The van der Waals surface area contributed by atoms with Gasteiger partial charge in [0, 0.05) is 17.5 Å². The summed E-state index contributed by atoms with van der Waals surface area (Å²) < 4.78 is 30.3. The second-order valence-electron chi connectivity index (χ2n) is 7.49. The number of hydrogen-bond acceptors (Lipinski definition) is 5. The van der Waals surface area contributed by atoms with Gasteiger partial charge in [0.05, 0.1) is 23.6 Å². The molecular weight excluding hydrogens is 352 g/mol. The van der Waals surface area contributed by atoms with Gasteiger partial charge < -0.3 is 4.74 Å². The van der Waals surface area contributed by atoms with E-state index in [2.05, 4.69) is 5.10 Å². The summed E-state index contributed by atoms with van der Waals surface area (Å²) in [6, 6.07) is 6.75. The van der Waals surface area contributed by atoms with E-state index in [4.69, 9.17) is 4.74 Å². The van der Waals surface area contributed by atoms with Crippen molar-refractivity contribution in [2.75, 3.05) is 6.26 Å². The van der Waals surface area contributed by atoms with Crippen LogP contribution in [-0.2, 0) is 32.3 Å². The number of rotatable bonds is 5. The number of esters is 1. The maximum Gasteiger partial charge on any atom is 0.310 e. The van der Waals surface area contributed by atoms with Crippen molar-refractivity contribution in [3.63, 3.8) is 0 Å². The van der Waals surface area contributed by atoms with E-state index in [9.17, 15) is 13.2 Å². The van der Waals surface area contributed by atoms with Crippen LogP contribution >= 0.6 is 0 Å². The van der Waals surface area contributed by atoms with Crippen LogP contribution in [-0.4, -0.2) is 36.0 Å². The first-order valence-electron chi connectivity index (χ1n) is 8.40. The van der Waals surface area contributed by atoms with E-state index in [0.29, 0.717) is 11.4 Å². The Morgan fingerprint density at radius 1 is 1.15 bits per heavy atom. The first-order valence-corrected chi connectivity index (χ1v) is 10.3. The first-order chi connectivity index (χ1) is 11.9. The summed E-state index contributed by atoms with van der Waals surface area (Å²) in [5.74, 6) is -0.277. The van der Waals surface area contributed by atoms with Gasteiger partial charge in [-0.15, -0.1) is 0 Å². The fraction of sp³-hybridized carbons (Fsp3) is 0.474. The van der Waals surface area contributed by atoms with E-state index >= 15 is 0 Å². The third-order valence-electron chi connectivity index (χ3n) is 3.96. The molecule has 1 aromatic carbocycles. The normalized spacial score (nSPS) is 12.2. The molecule has 0 aliphatic carbocycles. The minimum atomic E-state index is -3.21. The van der Waals surface area contributed by atoms with Gasteiger partial charge in [0.15, 0.2) is 9.84 Å². The Bertz CT molecular complexity index is 904. The second-order valence-corrected chi connectivity index (χ2v) is 9.50. The first kappa shape index (κ1) is 20.2. The lowest BCUT2D eigenvalue weighted by atomic mass is 10.1. The lowest BCUT2D eigenvalue weighted by Gasteiger charge is -2.19. The Morgan fingerprint density at radius 2 is 1.73 bits per heavy atom. The maximum absolute atomic E-state index is 12.1. The van der Waals surface area contributed by atoms with Gasteiger partial charge in [0.2, 0.25) is 0 Å². The number of aromatic nitrogens is 2. The number of sulfone groups is 1. The summed E-state index contributed by atoms with van der Waals surface area (Å²) in [4.78, 5) is 12.4. The second kappa shape index (κ2) is 7.23. The lowest BCUT2D eigenvalue weighted by Crippen LogP contribution is -2.25. The summed E-state index contributed by atoms with van der Waals surface area (Å²) in [6.07, 6.45) is 1.37. The highest BCUT2D eigenvalue weighted by atomic mass is 32.2. The van der Waals surface area contributed by atoms with Crippen molar-refractivity contribution in [1.82, 2.24) is 9.78 Å². The smallest absolute Gasteiger partial charge is 0.310 e. The highest BCUT2D eigenvalue weighted by Gasteiger charge is 2.20. The number of carbonyl (C=O) groups is 1. The molecule has 6 nitrogen and oxygen atoms in total. The molecule has 0 spiro atoms. The Hall–Kier alpha value is -2.15. The molecule has 0 aliphatic rings. The zero-order valence-electron chi connectivity index (χ0n) is 16.2. The van der Waals surface area contributed by atoms with Crippen molar-refractivity contribution in [3.8, 4) is 0 Å². The van der Waals surface area contributed by atoms with Crippen LogP contribution in [0.4, 0.5) is 0 Å². The SMILES string of the molecule is Cc1nn(Cc2ccc(S(C)(=O)=O)cc2)c(C)c1CC(=O)OC(C)(C)C. The number of ether oxygens (including phenoxy) is 1. The van der Waals surface area contributed by atoms with Crippen molar-refractivity contribution in [1.29, 1.82) is 0 Å². The third kappa shape index (κ3) is 5.17. The monoisotopic (exact) mass is 378 g/mol. The number of benzene rings is 1. The molecule has 0 radical (unpaired) electrons. The van der Waals surface area contributed by atoms with Gasteiger partial charge in [-0.2, -0.15) is 5.10 Å². The molecule has 0 fully saturated rings. The molecule has 0 unspecified atom stereocenters. The summed E-state index contributed by atoms with van der Waals surface area (Å²) in [5, 5.41) is 4.52. The third-order valence-corrected chi connectivity index (χ3v) is 5.08. The predicted molar refractivity (Wildman–Crippen MR) is 99.9 cm³/mol. The van der Waals surface area contributed by atoms with Crippen LogP contribution in [0.25, 0.3) is 0 Å². The van der Waals surface area contributed by atoms with Crippen LogP contribution in [0.3, 0.4) is 0 Å². The van der Waals surface area contributed by atoms with Crippen LogP contribution < -0.4 is 0 Å². The van der Waals surface area contributed by atoms with Gasteiger partial charge in [0.1, 0.15) is 5.60 Å². The molecule has 0 aliphatic heterocycles. The average molecular weight is 378 g/mol. The number of nitrogens with zero attached hydrogens (tertiary/aromatic N) is 2. The predicted octanol–water partition coefficient (Wildman–Crippen LogP) is 2.84. The molecule has 0 saturated heterocycles. The van der Waals surface area contributed by atoms with Crippen molar-refractivity contribution < 1.29 is 17.9 Å². The van der Waals surface area contributed by atoms with Crippen LogP contribution in [0.1, 0.15) is 43.3 Å². The fourth-order valence-corrected chi connectivity index (χ4v) is 3.31. The molecule has 0 atom stereocenters. The Kier molecular flexibility index (Phi) is 5.61. The Balaban J connectivity index is 2.18. The van der Waals surface area contributed by atoms with E-state index in [1.807, 2.05) is 39.3 Å². The van der Waals surface area contributed by atoms with Gasteiger partial charge in [-0.05, 0) is 52.3 Å². The van der Waals surface area contributed by atoms with Crippen molar-refractivity contribution in [2.24, 2.45) is 0 Å². The number of carbonyl (C=O) groups excluding carboxylic acids is 1. The van der Waals surface area contributed by atoms with Gasteiger partial charge in [-0.25, -0.2) is 8.42 Å². The largest absolute Gasteiger partial charge is 0.460 e. The quantitative estimate of drug-likeness (QED) is 0.748. The lowest BCUT2D eigenvalue weighted by molar-refractivity contribution is -0.153. The van der Waals surface area contributed by atoms with Crippen molar-refractivity contribution in [2.45, 2.75) is 58.1 Å². The zero-order valence-corrected chi connectivity index (χ0v) is 17.0. The van der Waals surface area contributed by atoms with E-state index in [1.54, 1.807) is 24.3 Å². The minimum absolute atomic E-state index is 0.182. The topological polar surface area (TPSA) is 78.3 Å². The van der Waals surface area contributed by atoms with E-state index in [1.165, 1.54) is 6.26 Å². The van der Waals surface area contributed by atoms with Crippen LogP contribution in [0.2, 0.25) is 0 Å². The molecule has 7 heteroatoms. The van der Waals surface area contributed by atoms with Gasteiger partial charge in [-0.1, -0.05) is 12.1 Å². The molecule has 1 heterocycles. The van der Waals surface area contributed by atoms with Gasteiger partial charge >= 0.3 is 5.97 Å². The van der Waals surface area contributed by atoms with Gasteiger partial charge in [-0.3, -0.25) is 9.48 Å². The molecule has 26 heavy (non-hydrogen) atoms. The molecule has 0 N–H and O–H groups in total. The molecular formula is C19H26N2O4S. The highest BCUT2D eigenvalue weighted by Crippen LogP contribution is 2.18. The van der Waals surface area contributed by atoms with E-state index in [-0.39, 0.29) is 12.4 Å². The summed E-state index contributed by atoms with van der Waals surface area (Å²) in [5.41, 5.74) is 2.98. The fourth-order valence-electron chi connectivity index (χ4n) is 2.68. The maximum atomic E-state index is 12.1. The van der Waals surface area contributed by atoms with Gasteiger partial charge in [0.25, 0.3) is 0 Å². The molecule has 2 rings (SSSR count). The summed E-state index contributed by atoms with van der Waals surface area (Å²) in [7, 11) is -3.21. The molecule has 142 valence electrons. The molecule has 0 bridgehead atoms. The highest BCUT2D eigenvalue weighted by molar-refractivity contribution is 7.90. The van der Waals surface area contributed by atoms with Crippen LogP contribution in [0.15, 0.2) is 29.2 Å². The van der Waals surface area contributed by atoms with Crippen LogP contribution in [0.5, 0.6) is 0 Å². The molecule has 1 aromatic heterocycles. The van der Waals surface area contributed by atoms with Crippen molar-refractivity contribution in [3.05, 3.63) is 46.8 Å². The summed E-state index contributed by atoms with van der Waals surface area (Å²) in [6.45, 7) is 9.82. The Morgan fingerprint density at radius 3 is 2.23 bits per heavy atom. The van der Waals surface area contributed by atoms with E-state index < -0.39 is 15.4 Å². The van der Waals surface area contributed by atoms with E-state index in [0.717, 1.165) is 22.5 Å². The number of aryl methyl sites for hydroxylation is 1. The standard InChI is InChI=1S/C19H26N2O4S/c1-13-17(11-18(22)25-19(3,4)5)14(2)21(20-13)12-15-7-9-16(10-8-15)26(6,23)24/h7-10H,11-12H2,1-6H3. The molecule has 0 amide bonds. The molecule has 2 aromatic rings.